The van der Waals surface area contributed by atoms with Crippen molar-refractivity contribution in [2.75, 3.05) is 24.5 Å². The average Bonchev–Trinajstić information content (AvgIpc) is 2.88. The van der Waals surface area contributed by atoms with Crippen LogP contribution in [0.4, 0.5) is 5.69 Å². The minimum atomic E-state index is -0.145. The molecule has 0 aromatic carbocycles. The number of rotatable bonds is 1. The van der Waals surface area contributed by atoms with Gasteiger partial charge in [-0.3, -0.25) is 9.48 Å². The molecule has 0 bridgehead atoms. The van der Waals surface area contributed by atoms with Crippen molar-refractivity contribution in [1.82, 2.24) is 15.1 Å². The standard InChI is InChI=1S/C12H18N4O/c1-15-8-10(7-14-15)16-6-4-12(11(16)17)3-2-5-13-9-12/h7-8,13H,2-6,9H2,1H3/t12-/m0/s1. The lowest BCUT2D eigenvalue weighted by molar-refractivity contribution is -0.126. The summed E-state index contributed by atoms with van der Waals surface area (Å²) >= 11 is 0. The Bertz CT molecular complexity index is 433. The number of hydrogen-bond acceptors (Lipinski definition) is 3. The van der Waals surface area contributed by atoms with Crippen molar-refractivity contribution in [3.63, 3.8) is 0 Å². The normalized spacial score (nSPS) is 29.2. The summed E-state index contributed by atoms with van der Waals surface area (Å²) in [6.07, 6.45) is 6.77. The Balaban J connectivity index is 1.84. The van der Waals surface area contributed by atoms with E-state index in [0.717, 1.165) is 44.6 Å². The zero-order valence-electron chi connectivity index (χ0n) is 10.1. The van der Waals surface area contributed by atoms with Gasteiger partial charge >= 0.3 is 0 Å². The van der Waals surface area contributed by atoms with Crippen LogP contribution in [0.5, 0.6) is 0 Å². The van der Waals surface area contributed by atoms with E-state index in [-0.39, 0.29) is 11.3 Å². The van der Waals surface area contributed by atoms with Gasteiger partial charge in [0.1, 0.15) is 0 Å². The number of amides is 1. The van der Waals surface area contributed by atoms with Gasteiger partial charge in [-0.25, -0.2) is 0 Å². The van der Waals surface area contributed by atoms with E-state index in [2.05, 4.69) is 10.4 Å². The molecular formula is C12H18N4O. The molecule has 1 spiro atoms. The molecule has 0 saturated carbocycles. The Hall–Kier alpha value is -1.36. The fourth-order valence-corrected chi connectivity index (χ4v) is 2.98. The van der Waals surface area contributed by atoms with Crippen molar-refractivity contribution < 1.29 is 4.79 Å². The largest absolute Gasteiger partial charge is 0.316 e. The first-order chi connectivity index (χ1) is 8.21. The minimum Gasteiger partial charge on any atom is -0.316 e. The van der Waals surface area contributed by atoms with Gasteiger partial charge in [0.05, 0.1) is 17.3 Å². The van der Waals surface area contributed by atoms with Crippen molar-refractivity contribution in [2.45, 2.75) is 19.3 Å². The molecule has 0 aliphatic carbocycles. The predicted octanol–water partition coefficient (Wildman–Crippen LogP) is 0.527. The van der Waals surface area contributed by atoms with Gasteiger partial charge < -0.3 is 10.2 Å². The third kappa shape index (κ3) is 1.65. The predicted molar refractivity (Wildman–Crippen MR) is 64.7 cm³/mol. The highest BCUT2D eigenvalue weighted by atomic mass is 16.2. The van der Waals surface area contributed by atoms with E-state index in [1.54, 1.807) is 10.9 Å². The van der Waals surface area contributed by atoms with Gasteiger partial charge in [0.15, 0.2) is 0 Å². The lowest BCUT2D eigenvalue weighted by atomic mass is 9.79. The number of nitrogens with zero attached hydrogens (tertiary/aromatic N) is 3. The maximum atomic E-state index is 12.5. The van der Waals surface area contributed by atoms with Crippen LogP contribution < -0.4 is 10.2 Å². The maximum Gasteiger partial charge on any atom is 0.234 e. The molecule has 3 rings (SSSR count). The summed E-state index contributed by atoms with van der Waals surface area (Å²) in [7, 11) is 1.88. The number of carbonyl (C=O) groups is 1. The Morgan fingerprint density at radius 1 is 1.47 bits per heavy atom. The van der Waals surface area contributed by atoms with Crippen molar-refractivity contribution in [2.24, 2.45) is 12.5 Å². The molecule has 92 valence electrons. The topological polar surface area (TPSA) is 50.2 Å². The van der Waals surface area contributed by atoms with Gasteiger partial charge in [-0.15, -0.1) is 0 Å². The van der Waals surface area contributed by atoms with E-state index in [9.17, 15) is 4.79 Å². The summed E-state index contributed by atoms with van der Waals surface area (Å²) in [6, 6.07) is 0. The van der Waals surface area contributed by atoms with Crippen LogP contribution in [-0.4, -0.2) is 35.3 Å². The van der Waals surface area contributed by atoms with Gasteiger partial charge in [-0.1, -0.05) is 0 Å². The fraction of sp³-hybridized carbons (Fsp3) is 0.667. The van der Waals surface area contributed by atoms with Crippen LogP contribution in [-0.2, 0) is 11.8 Å². The number of aromatic nitrogens is 2. The molecule has 1 N–H and O–H groups in total. The molecule has 1 aromatic rings. The van der Waals surface area contributed by atoms with E-state index in [4.69, 9.17) is 0 Å². The second kappa shape index (κ2) is 3.84. The number of hydrogen-bond donors (Lipinski definition) is 1. The van der Waals surface area contributed by atoms with E-state index in [1.807, 2.05) is 18.1 Å². The summed E-state index contributed by atoms with van der Waals surface area (Å²) in [5.41, 5.74) is 0.786. The molecule has 2 aliphatic heterocycles. The lowest BCUT2D eigenvalue weighted by Crippen LogP contribution is -2.45. The van der Waals surface area contributed by atoms with Gasteiger partial charge in [0.2, 0.25) is 5.91 Å². The Labute approximate surface area is 101 Å². The molecule has 0 unspecified atom stereocenters. The summed E-state index contributed by atoms with van der Waals surface area (Å²) < 4.78 is 1.74. The molecule has 1 atom stereocenters. The van der Waals surface area contributed by atoms with Gasteiger partial charge in [0, 0.05) is 26.3 Å². The molecule has 1 amide bonds. The highest BCUT2D eigenvalue weighted by molar-refractivity contribution is 5.99. The van der Waals surface area contributed by atoms with Crippen LogP contribution >= 0.6 is 0 Å². The van der Waals surface area contributed by atoms with E-state index < -0.39 is 0 Å². The Morgan fingerprint density at radius 2 is 2.35 bits per heavy atom. The third-order valence-corrected chi connectivity index (χ3v) is 3.99. The van der Waals surface area contributed by atoms with Gasteiger partial charge in [-0.2, -0.15) is 5.10 Å². The zero-order valence-corrected chi connectivity index (χ0v) is 10.1. The first-order valence-electron chi connectivity index (χ1n) is 6.23. The van der Waals surface area contributed by atoms with Crippen LogP contribution in [0, 0.1) is 5.41 Å². The molecule has 0 radical (unpaired) electrons. The maximum absolute atomic E-state index is 12.5. The quantitative estimate of drug-likeness (QED) is 0.771. The molecule has 1 aromatic heterocycles. The number of carbonyl (C=O) groups excluding carboxylic acids is 1. The summed E-state index contributed by atoms with van der Waals surface area (Å²) in [4.78, 5) is 14.4. The molecule has 17 heavy (non-hydrogen) atoms. The number of nitrogens with one attached hydrogen (secondary N) is 1. The number of aryl methyl sites for hydroxylation is 1. The number of piperidine rings is 1. The minimum absolute atomic E-state index is 0.145. The van der Waals surface area contributed by atoms with Crippen LogP contribution in [0.2, 0.25) is 0 Å². The van der Waals surface area contributed by atoms with Crippen molar-refractivity contribution in [3.8, 4) is 0 Å². The first-order valence-corrected chi connectivity index (χ1v) is 6.23. The average molecular weight is 234 g/mol. The molecule has 5 heteroatoms. The molecular weight excluding hydrogens is 216 g/mol. The SMILES string of the molecule is Cn1cc(N2CC[C@]3(CCCNC3)C2=O)cn1. The second-order valence-corrected chi connectivity index (χ2v) is 5.14. The van der Waals surface area contributed by atoms with Gasteiger partial charge in [-0.05, 0) is 25.8 Å². The molecule has 2 saturated heterocycles. The zero-order chi connectivity index (χ0) is 11.9. The fourth-order valence-electron chi connectivity index (χ4n) is 2.98. The van der Waals surface area contributed by atoms with Crippen LogP contribution in [0.25, 0.3) is 0 Å². The molecule has 2 fully saturated rings. The highest BCUT2D eigenvalue weighted by Gasteiger charge is 2.47. The summed E-state index contributed by atoms with van der Waals surface area (Å²) in [5.74, 6) is 0.276. The van der Waals surface area contributed by atoms with Crippen LogP contribution in [0.15, 0.2) is 12.4 Å². The van der Waals surface area contributed by atoms with Gasteiger partial charge in [0.25, 0.3) is 0 Å². The van der Waals surface area contributed by atoms with Crippen molar-refractivity contribution >= 4 is 11.6 Å². The molecule has 5 nitrogen and oxygen atoms in total. The van der Waals surface area contributed by atoms with Crippen LogP contribution in [0.3, 0.4) is 0 Å². The van der Waals surface area contributed by atoms with E-state index in [1.165, 1.54) is 0 Å². The Kier molecular flexibility index (Phi) is 2.43. The van der Waals surface area contributed by atoms with Crippen molar-refractivity contribution in [3.05, 3.63) is 12.4 Å². The lowest BCUT2D eigenvalue weighted by Gasteiger charge is -2.31. The summed E-state index contributed by atoms with van der Waals surface area (Å²) in [6.45, 7) is 2.71. The van der Waals surface area contributed by atoms with E-state index >= 15 is 0 Å². The van der Waals surface area contributed by atoms with Crippen LogP contribution in [0.1, 0.15) is 19.3 Å². The highest BCUT2D eigenvalue weighted by Crippen LogP contribution is 2.39. The third-order valence-electron chi connectivity index (χ3n) is 3.99. The monoisotopic (exact) mass is 234 g/mol. The first kappa shape index (κ1) is 10.8. The Morgan fingerprint density at radius 3 is 3.00 bits per heavy atom. The molecule has 3 heterocycles. The van der Waals surface area contributed by atoms with E-state index in [0.29, 0.717) is 0 Å². The smallest absolute Gasteiger partial charge is 0.234 e. The molecule has 2 aliphatic rings. The summed E-state index contributed by atoms with van der Waals surface area (Å²) in [5, 5.41) is 7.49. The van der Waals surface area contributed by atoms with Crippen molar-refractivity contribution in [1.29, 1.82) is 0 Å². The second-order valence-electron chi connectivity index (χ2n) is 5.14. The number of anilines is 1.